The molecule has 0 bridgehead atoms. The Labute approximate surface area is 111 Å². The van der Waals surface area contributed by atoms with E-state index < -0.39 is 0 Å². The van der Waals surface area contributed by atoms with Crippen LogP contribution < -0.4 is 5.32 Å². The highest BCUT2D eigenvalue weighted by molar-refractivity contribution is 5.87. The second-order valence-electron chi connectivity index (χ2n) is 5.10. The number of nitrogens with one attached hydrogen (secondary N) is 1. The molecule has 1 atom stereocenters. The minimum atomic E-state index is -0.205. The number of amides is 2. The van der Waals surface area contributed by atoms with Gasteiger partial charge in [0.25, 0.3) is 0 Å². The molecule has 1 N–H and O–H groups in total. The fourth-order valence-corrected chi connectivity index (χ4v) is 2.35. The van der Waals surface area contributed by atoms with Crippen LogP contribution in [0.2, 0.25) is 0 Å². The molecule has 2 fully saturated rings. The van der Waals surface area contributed by atoms with Crippen molar-refractivity contribution in [1.82, 2.24) is 15.0 Å². The number of nitrogens with zero attached hydrogens (tertiary/aromatic N) is 3. The predicted octanol–water partition coefficient (Wildman–Crippen LogP) is 1.41. The van der Waals surface area contributed by atoms with Gasteiger partial charge in [-0.25, -0.2) is 4.79 Å². The lowest BCUT2D eigenvalue weighted by Crippen LogP contribution is -2.36. The summed E-state index contributed by atoms with van der Waals surface area (Å²) in [6, 6.07) is -0.0601. The van der Waals surface area contributed by atoms with Crippen molar-refractivity contribution in [2.75, 3.05) is 25.0 Å². The molecule has 1 saturated carbocycles. The first kappa shape index (κ1) is 12.4. The maximum absolute atomic E-state index is 12.1. The van der Waals surface area contributed by atoms with Gasteiger partial charge in [-0.3, -0.25) is 5.32 Å². The van der Waals surface area contributed by atoms with Gasteiger partial charge in [0, 0.05) is 13.1 Å². The fourth-order valence-electron chi connectivity index (χ4n) is 2.35. The summed E-state index contributed by atoms with van der Waals surface area (Å²) in [5.41, 5.74) is 0. The number of hydrogen-bond acceptors (Lipinski definition) is 5. The van der Waals surface area contributed by atoms with Gasteiger partial charge >= 0.3 is 12.0 Å². The molecule has 1 saturated heterocycles. The Morgan fingerprint density at radius 3 is 2.89 bits per heavy atom. The van der Waals surface area contributed by atoms with Crippen LogP contribution in [0, 0.1) is 12.8 Å². The summed E-state index contributed by atoms with van der Waals surface area (Å²) in [6.07, 6.45) is 3.75. The van der Waals surface area contributed by atoms with E-state index in [9.17, 15) is 4.79 Å². The zero-order chi connectivity index (χ0) is 13.2. The van der Waals surface area contributed by atoms with Gasteiger partial charge in [0.05, 0.1) is 12.7 Å². The molecule has 3 rings (SSSR count). The SMILES string of the molecule is Cc1noc(NC(=O)N2CCOC(C3CC3)CC2)n1. The third-order valence-corrected chi connectivity index (χ3v) is 3.55. The monoisotopic (exact) mass is 266 g/mol. The molecule has 7 nitrogen and oxygen atoms in total. The fraction of sp³-hybridized carbons (Fsp3) is 0.750. The van der Waals surface area contributed by atoms with Crippen LogP contribution in [0.1, 0.15) is 25.1 Å². The molecule has 1 aromatic rings. The zero-order valence-electron chi connectivity index (χ0n) is 11.0. The molecule has 1 aromatic heterocycles. The summed E-state index contributed by atoms with van der Waals surface area (Å²) < 4.78 is 10.7. The highest BCUT2D eigenvalue weighted by Crippen LogP contribution is 2.36. The van der Waals surface area contributed by atoms with Crippen LogP contribution in [-0.2, 0) is 4.74 Å². The van der Waals surface area contributed by atoms with Crippen molar-refractivity contribution >= 4 is 12.0 Å². The largest absolute Gasteiger partial charge is 0.376 e. The first-order chi connectivity index (χ1) is 9.22. The van der Waals surface area contributed by atoms with Crippen LogP contribution in [0.15, 0.2) is 4.52 Å². The van der Waals surface area contributed by atoms with Crippen LogP contribution in [0.5, 0.6) is 0 Å². The lowest BCUT2D eigenvalue weighted by atomic mass is 10.1. The lowest BCUT2D eigenvalue weighted by Gasteiger charge is -2.18. The van der Waals surface area contributed by atoms with Gasteiger partial charge in [-0.15, -0.1) is 0 Å². The van der Waals surface area contributed by atoms with Crippen molar-refractivity contribution in [3.05, 3.63) is 5.82 Å². The molecule has 1 aliphatic heterocycles. The molecule has 0 radical (unpaired) electrons. The molecule has 1 aliphatic carbocycles. The minimum Gasteiger partial charge on any atom is -0.376 e. The Morgan fingerprint density at radius 2 is 2.21 bits per heavy atom. The molecule has 0 spiro atoms. The number of carbonyl (C=O) groups excluding carboxylic acids is 1. The Bertz CT molecular complexity index is 458. The van der Waals surface area contributed by atoms with Gasteiger partial charge in [0.2, 0.25) is 0 Å². The lowest BCUT2D eigenvalue weighted by molar-refractivity contribution is 0.0478. The maximum Gasteiger partial charge on any atom is 0.329 e. The van der Waals surface area contributed by atoms with Crippen LogP contribution in [0.25, 0.3) is 0 Å². The summed E-state index contributed by atoms with van der Waals surface area (Å²) in [7, 11) is 0. The van der Waals surface area contributed by atoms with Crippen LogP contribution in [-0.4, -0.2) is 46.9 Å². The van der Waals surface area contributed by atoms with Gasteiger partial charge < -0.3 is 14.2 Å². The standard InChI is InChI=1S/C12H18N4O3/c1-8-13-11(19-15-8)14-12(17)16-5-4-10(9-2-3-9)18-7-6-16/h9-10H,2-7H2,1H3,(H,13,14,15,17). The van der Waals surface area contributed by atoms with E-state index in [-0.39, 0.29) is 12.0 Å². The normalized spacial score (nSPS) is 24.1. The van der Waals surface area contributed by atoms with Crippen molar-refractivity contribution in [3.8, 4) is 0 Å². The van der Waals surface area contributed by atoms with E-state index in [1.807, 2.05) is 0 Å². The Balaban J connectivity index is 1.54. The van der Waals surface area contributed by atoms with Crippen LogP contribution in [0.4, 0.5) is 10.8 Å². The zero-order valence-corrected chi connectivity index (χ0v) is 11.0. The quantitative estimate of drug-likeness (QED) is 0.875. The number of carbonyl (C=O) groups is 1. The van der Waals surface area contributed by atoms with E-state index in [2.05, 4.69) is 15.5 Å². The molecule has 1 unspecified atom stereocenters. The Kier molecular flexibility index (Phi) is 3.37. The van der Waals surface area contributed by atoms with Crippen LogP contribution in [0.3, 0.4) is 0 Å². The van der Waals surface area contributed by atoms with Crippen molar-refractivity contribution in [2.45, 2.75) is 32.3 Å². The van der Waals surface area contributed by atoms with Gasteiger partial charge in [0.1, 0.15) is 0 Å². The number of aromatic nitrogens is 2. The van der Waals surface area contributed by atoms with E-state index in [1.165, 1.54) is 12.8 Å². The van der Waals surface area contributed by atoms with Gasteiger partial charge in [-0.2, -0.15) is 4.98 Å². The third kappa shape index (κ3) is 3.04. The average molecular weight is 266 g/mol. The highest BCUT2D eigenvalue weighted by atomic mass is 16.5. The number of hydrogen-bond donors (Lipinski definition) is 1. The first-order valence-electron chi connectivity index (χ1n) is 6.70. The second-order valence-corrected chi connectivity index (χ2v) is 5.10. The number of urea groups is 1. The summed E-state index contributed by atoms with van der Waals surface area (Å²) in [5.74, 6) is 1.21. The summed E-state index contributed by atoms with van der Waals surface area (Å²) in [5, 5.41) is 6.24. The number of ether oxygens (including phenoxy) is 1. The van der Waals surface area contributed by atoms with E-state index in [0.29, 0.717) is 37.5 Å². The summed E-state index contributed by atoms with van der Waals surface area (Å²) in [6.45, 7) is 3.61. The van der Waals surface area contributed by atoms with E-state index in [4.69, 9.17) is 9.26 Å². The molecule has 2 heterocycles. The number of anilines is 1. The van der Waals surface area contributed by atoms with E-state index >= 15 is 0 Å². The third-order valence-electron chi connectivity index (χ3n) is 3.55. The first-order valence-corrected chi connectivity index (χ1v) is 6.70. The van der Waals surface area contributed by atoms with Crippen LogP contribution >= 0.6 is 0 Å². The topological polar surface area (TPSA) is 80.5 Å². The predicted molar refractivity (Wildman–Crippen MR) is 66.7 cm³/mol. The van der Waals surface area contributed by atoms with Crippen molar-refractivity contribution < 1.29 is 14.1 Å². The minimum absolute atomic E-state index is 0.145. The molecule has 19 heavy (non-hydrogen) atoms. The van der Waals surface area contributed by atoms with Crippen molar-refractivity contribution in [3.63, 3.8) is 0 Å². The molecule has 104 valence electrons. The van der Waals surface area contributed by atoms with Gasteiger partial charge in [-0.1, -0.05) is 5.16 Å². The Hall–Kier alpha value is -1.63. The summed E-state index contributed by atoms with van der Waals surface area (Å²) in [4.78, 5) is 17.7. The summed E-state index contributed by atoms with van der Waals surface area (Å²) >= 11 is 0. The van der Waals surface area contributed by atoms with E-state index in [1.54, 1.807) is 11.8 Å². The molecule has 2 aliphatic rings. The maximum atomic E-state index is 12.1. The number of rotatable bonds is 2. The molecule has 2 amide bonds. The van der Waals surface area contributed by atoms with Gasteiger partial charge in [0.15, 0.2) is 5.82 Å². The smallest absolute Gasteiger partial charge is 0.329 e. The molecular formula is C12H18N4O3. The van der Waals surface area contributed by atoms with Crippen molar-refractivity contribution in [1.29, 1.82) is 0 Å². The Morgan fingerprint density at radius 1 is 1.37 bits per heavy atom. The molecule has 7 heteroatoms. The highest BCUT2D eigenvalue weighted by Gasteiger charge is 2.34. The molecular weight excluding hydrogens is 248 g/mol. The molecule has 0 aromatic carbocycles. The number of aryl methyl sites for hydroxylation is 1. The van der Waals surface area contributed by atoms with Gasteiger partial charge in [-0.05, 0) is 32.1 Å². The van der Waals surface area contributed by atoms with E-state index in [0.717, 1.165) is 6.42 Å². The van der Waals surface area contributed by atoms with Crippen molar-refractivity contribution in [2.24, 2.45) is 5.92 Å². The average Bonchev–Trinajstić information content (AvgIpc) is 3.17. The second kappa shape index (κ2) is 5.16.